The van der Waals surface area contributed by atoms with Crippen molar-refractivity contribution in [3.63, 3.8) is 0 Å². The van der Waals surface area contributed by atoms with Crippen LogP contribution in [0.1, 0.15) is 15.9 Å². The highest BCUT2D eigenvalue weighted by molar-refractivity contribution is 6.29. The van der Waals surface area contributed by atoms with Gasteiger partial charge >= 0.3 is 0 Å². The first-order valence-electron chi connectivity index (χ1n) is 5.00. The van der Waals surface area contributed by atoms with Crippen LogP contribution in [0, 0.1) is 6.92 Å². The summed E-state index contributed by atoms with van der Waals surface area (Å²) in [7, 11) is 0. The Labute approximate surface area is 104 Å². The molecule has 1 amide bonds. The van der Waals surface area contributed by atoms with Crippen molar-refractivity contribution in [3.05, 3.63) is 53.1 Å². The van der Waals surface area contributed by atoms with Gasteiger partial charge in [-0.15, -0.1) is 0 Å². The number of pyridine rings is 2. The molecule has 5 heteroatoms. The van der Waals surface area contributed by atoms with Crippen LogP contribution in [0.3, 0.4) is 0 Å². The third kappa shape index (κ3) is 2.79. The minimum atomic E-state index is -0.231. The molecule has 1 N–H and O–H groups in total. The highest BCUT2D eigenvalue weighted by Crippen LogP contribution is 2.14. The maximum absolute atomic E-state index is 11.9. The van der Waals surface area contributed by atoms with Gasteiger partial charge in [0.05, 0.1) is 11.9 Å². The number of nitrogens with one attached hydrogen (secondary N) is 1. The molecule has 0 spiro atoms. The normalized spacial score (nSPS) is 10.0. The summed E-state index contributed by atoms with van der Waals surface area (Å²) in [5.41, 5.74) is 2.10. The summed E-state index contributed by atoms with van der Waals surface area (Å²) in [6, 6.07) is 4.95. The second-order valence-corrected chi connectivity index (χ2v) is 3.90. The van der Waals surface area contributed by atoms with Crippen molar-refractivity contribution in [2.45, 2.75) is 6.92 Å². The molecule has 0 aliphatic heterocycles. The zero-order chi connectivity index (χ0) is 12.3. The summed E-state index contributed by atoms with van der Waals surface area (Å²) in [6.07, 6.45) is 4.78. The molecular formula is C12H10ClN3O. The number of amides is 1. The molecule has 0 aromatic carbocycles. The SMILES string of the molecule is Cc1ccncc1NC(=O)c1ccnc(Cl)c1. The Morgan fingerprint density at radius 2 is 2.18 bits per heavy atom. The summed E-state index contributed by atoms with van der Waals surface area (Å²) in [5, 5.41) is 3.06. The molecule has 2 heterocycles. The molecular weight excluding hydrogens is 238 g/mol. The molecule has 2 rings (SSSR count). The van der Waals surface area contributed by atoms with E-state index in [1.807, 2.05) is 13.0 Å². The molecule has 0 atom stereocenters. The van der Waals surface area contributed by atoms with Gasteiger partial charge in [-0.05, 0) is 30.7 Å². The van der Waals surface area contributed by atoms with Gasteiger partial charge in [0, 0.05) is 18.0 Å². The van der Waals surface area contributed by atoms with Crippen molar-refractivity contribution in [2.75, 3.05) is 5.32 Å². The minimum Gasteiger partial charge on any atom is -0.320 e. The van der Waals surface area contributed by atoms with Crippen LogP contribution in [-0.2, 0) is 0 Å². The molecule has 0 saturated carbocycles. The zero-order valence-electron chi connectivity index (χ0n) is 9.14. The number of anilines is 1. The van der Waals surface area contributed by atoms with Gasteiger partial charge in [-0.3, -0.25) is 9.78 Å². The molecule has 0 aliphatic carbocycles. The molecule has 0 bridgehead atoms. The maximum Gasteiger partial charge on any atom is 0.255 e. The van der Waals surface area contributed by atoms with Crippen LogP contribution in [0.15, 0.2) is 36.8 Å². The predicted octanol–water partition coefficient (Wildman–Crippen LogP) is 2.69. The smallest absolute Gasteiger partial charge is 0.255 e. The molecule has 4 nitrogen and oxygen atoms in total. The van der Waals surface area contributed by atoms with Crippen LogP contribution in [0.2, 0.25) is 5.15 Å². The monoisotopic (exact) mass is 247 g/mol. The number of nitrogens with zero attached hydrogens (tertiary/aromatic N) is 2. The fourth-order valence-corrected chi connectivity index (χ4v) is 1.51. The number of aryl methyl sites for hydroxylation is 1. The van der Waals surface area contributed by atoms with Crippen molar-refractivity contribution in [2.24, 2.45) is 0 Å². The van der Waals surface area contributed by atoms with Crippen molar-refractivity contribution >= 4 is 23.2 Å². The number of halogens is 1. The van der Waals surface area contributed by atoms with E-state index in [4.69, 9.17) is 11.6 Å². The average Bonchev–Trinajstić information content (AvgIpc) is 2.32. The first kappa shape index (κ1) is 11.5. The second kappa shape index (κ2) is 4.93. The van der Waals surface area contributed by atoms with E-state index in [9.17, 15) is 4.79 Å². The molecule has 0 radical (unpaired) electrons. The number of hydrogen-bond donors (Lipinski definition) is 1. The van der Waals surface area contributed by atoms with Crippen molar-refractivity contribution in [1.82, 2.24) is 9.97 Å². The van der Waals surface area contributed by atoms with E-state index >= 15 is 0 Å². The standard InChI is InChI=1S/C12H10ClN3O/c1-8-2-4-14-7-10(8)16-12(17)9-3-5-15-11(13)6-9/h2-7H,1H3,(H,16,17). The van der Waals surface area contributed by atoms with Gasteiger partial charge in [0.25, 0.3) is 5.91 Å². The second-order valence-electron chi connectivity index (χ2n) is 3.51. The number of aromatic nitrogens is 2. The lowest BCUT2D eigenvalue weighted by atomic mass is 10.2. The summed E-state index contributed by atoms with van der Waals surface area (Å²) in [5.74, 6) is -0.231. The Morgan fingerprint density at radius 3 is 2.88 bits per heavy atom. The Hall–Kier alpha value is -1.94. The third-order valence-corrected chi connectivity index (χ3v) is 2.48. The van der Waals surface area contributed by atoms with E-state index in [0.29, 0.717) is 16.4 Å². The molecule has 0 unspecified atom stereocenters. The third-order valence-electron chi connectivity index (χ3n) is 2.28. The Balaban J connectivity index is 2.20. The van der Waals surface area contributed by atoms with Gasteiger partial charge in [0.15, 0.2) is 0 Å². The molecule has 2 aromatic heterocycles. The topological polar surface area (TPSA) is 54.9 Å². The minimum absolute atomic E-state index is 0.231. The molecule has 86 valence electrons. The number of carbonyl (C=O) groups is 1. The lowest BCUT2D eigenvalue weighted by Gasteiger charge is -2.07. The fraction of sp³-hybridized carbons (Fsp3) is 0.0833. The lowest BCUT2D eigenvalue weighted by Crippen LogP contribution is -2.13. The van der Waals surface area contributed by atoms with E-state index < -0.39 is 0 Å². The molecule has 0 fully saturated rings. The Bertz CT molecular complexity index is 557. The van der Waals surface area contributed by atoms with Gasteiger partial charge < -0.3 is 5.32 Å². The highest BCUT2D eigenvalue weighted by atomic mass is 35.5. The van der Waals surface area contributed by atoms with Crippen molar-refractivity contribution in [3.8, 4) is 0 Å². The molecule has 2 aromatic rings. The van der Waals surface area contributed by atoms with Crippen LogP contribution >= 0.6 is 11.6 Å². The highest BCUT2D eigenvalue weighted by Gasteiger charge is 2.08. The Morgan fingerprint density at radius 1 is 1.35 bits per heavy atom. The van der Waals surface area contributed by atoms with E-state index in [-0.39, 0.29) is 5.91 Å². The summed E-state index contributed by atoms with van der Waals surface area (Å²) >= 11 is 5.72. The van der Waals surface area contributed by atoms with Crippen molar-refractivity contribution < 1.29 is 4.79 Å². The molecule has 0 saturated heterocycles. The fourth-order valence-electron chi connectivity index (χ4n) is 1.33. The van der Waals surface area contributed by atoms with E-state index in [1.54, 1.807) is 18.5 Å². The van der Waals surface area contributed by atoms with Crippen LogP contribution in [0.4, 0.5) is 5.69 Å². The van der Waals surface area contributed by atoms with Crippen LogP contribution in [0.25, 0.3) is 0 Å². The van der Waals surface area contributed by atoms with Gasteiger partial charge in [-0.1, -0.05) is 11.6 Å². The zero-order valence-corrected chi connectivity index (χ0v) is 9.90. The van der Waals surface area contributed by atoms with Gasteiger partial charge in [0.1, 0.15) is 5.15 Å². The van der Waals surface area contributed by atoms with Gasteiger partial charge in [-0.2, -0.15) is 0 Å². The van der Waals surface area contributed by atoms with Crippen LogP contribution < -0.4 is 5.32 Å². The first-order chi connectivity index (χ1) is 8.16. The van der Waals surface area contributed by atoms with Gasteiger partial charge in [0.2, 0.25) is 0 Å². The Kier molecular flexibility index (Phi) is 3.35. The van der Waals surface area contributed by atoms with E-state index in [0.717, 1.165) is 5.56 Å². The average molecular weight is 248 g/mol. The maximum atomic E-state index is 11.9. The summed E-state index contributed by atoms with van der Waals surface area (Å²) < 4.78 is 0. The molecule has 17 heavy (non-hydrogen) atoms. The number of hydrogen-bond acceptors (Lipinski definition) is 3. The summed E-state index contributed by atoms with van der Waals surface area (Å²) in [4.78, 5) is 19.7. The van der Waals surface area contributed by atoms with Crippen molar-refractivity contribution in [1.29, 1.82) is 0 Å². The largest absolute Gasteiger partial charge is 0.320 e. The quantitative estimate of drug-likeness (QED) is 0.830. The first-order valence-corrected chi connectivity index (χ1v) is 5.38. The summed E-state index contributed by atoms with van der Waals surface area (Å²) in [6.45, 7) is 1.90. The number of rotatable bonds is 2. The lowest BCUT2D eigenvalue weighted by molar-refractivity contribution is 0.102. The molecule has 0 aliphatic rings. The van der Waals surface area contributed by atoms with Crippen LogP contribution in [-0.4, -0.2) is 15.9 Å². The number of carbonyl (C=O) groups excluding carboxylic acids is 1. The predicted molar refractivity (Wildman–Crippen MR) is 66.2 cm³/mol. The van der Waals surface area contributed by atoms with E-state index in [1.165, 1.54) is 12.3 Å². The van der Waals surface area contributed by atoms with E-state index in [2.05, 4.69) is 15.3 Å². The van der Waals surface area contributed by atoms with Gasteiger partial charge in [-0.25, -0.2) is 4.98 Å². The van der Waals surface area contributed by atoms with Crippen LogP contribution in [0.5, 0.6) is 0 Å².